The molecule has 0 saturated heterocycles. The quantitative estimate of drug-likeness (QED) is 0.519. The molecular formula is C20H21N2+. The lowest BCUT2D eigenvalue weighted by molar-refractivity contribution is -0.647. The van der Waals surface area contributed by atoms with Crippen LogP contribution in [0.1, 0.15) is 25.3 Å². The van der Waals surface area contributed by atoms with Gasteiger partial charge in [0.05, 0.1) is 11.9 Å². The minimum Gasteiger partial charge on any atom is -0.240 e. The van der Waals surface area contributed by atoms with Crippen LogP contribution in [0.25, 0.3) is 32.8 Å². The molecule has 0 atom stereocenters. The molecule has 4 aromatic rings. The van der Waals surface area contributed by atoms with Crippen molar-refractivity contribution in [2.24, 2.45) is 0 Å². The summed E-state index contributed by atoms with van der Waals surface area (Å²) in [5.74, 6) is 0. The molecule has 0 amide bonds. The van der Waals surface area contributed by atoms with Gasteiger partial charge in [-0.15, -0.1) is 0 Å². The number of unbranched alkanes of at least 4 members (excludes halogenated alkanes) is 1. The summed E-state index contributed by atoms with van der Waals surface area (Å²) in [7, 11) is 0. The Morgan fingerprint density at radius 3 is 2.50 bits per heavy atom. The Hall–Kier alpha value is -2.35. The number of nitrogens with zero attached hydrogens (tertiary/aromatic N) is 1. The lowest BCUT2D eigenvalue weighted by atomic mass is 10.0. The largest absolute Gasteiger partial charge is 0.288 e. The van der Waals surface area contributed by atoms with Crippen LogP contribution >= 0.6 is 0 Å². The lowest BCUT2D eigenvalue weighted by Gasteiger charge is -2.09. The van der Waals surface area contributed by atoms with Gasteiger partial charge in [-0.3, -0.25) is 0 Å². The van der Waals surface area contributed by atoms with E-state index in [9.17, 15) is 0 Å². The van der Waals surface area contributed by atoms with E-state index in [1.54, 1.807) is 0 Å². The van der Waals surface area contributed by atoms with E-state index in [0.717, 1.165) is 6.54 Å². The Bertz CT molecular complexity index is 979. The summed E-state index contributed by atoms with van der Waals surface area (Å²) < 4.78 is 2.46. The number of pyridine rings is 1. The van der Waals surface area contributed by atoms with Crippen molar-refractivity contribution >= 4 is 32.8 Å². The molecule has 0 bridgehead atoms. The molecule has 0 aliphatic heterocycles. The van der Waals surface area contributed by atoms with Crippen LogP contribution in [0.3, 0.4) is 0 Å². The van der Waals surface area contributed by atoms with Crippen LogP contribution < -0.4 is 4.57 Å². The Morgan fingerprint density at radius 1 is 0.955 bits per heavy atom. The molecule has 2 nitrogen and oxygen atoms in total. The number of para-hydroxylation sites is 2. The number of aromatic amines is 1. The zero-order chi connectivity index (χ0) is 15.1. The van der Waals surface area contributed by atoms with Crippen molar-refractivity contribution in [2.75, 3.05) is 0 Å². The number of hydrogen-bond acceptors (Lipinski definition) is 0. The fourth-order valence-electron chi connectivity index (χ4n) is 3.54. The van der Waals surface area contributed by atoms with Gasteiger partial charge >= 0.3 is 0 Å². The van der Waals surface area contributed by atoms with Gasteiger partial charge < -0.3 is 0 Å². The van der Waals surface area contributed by atoms with Crippen molar-refractivity contribution in [2.45, 2.75) is 33.2 Å². The van der Waals surface area contributed by atoms with Gasteiger partial charge in [0.1, 0.15) is 11.0 Å². The van der Waals surface area contributed by atoms with Gasteiger partial charge in [0.2, 0.25) is 0 Å². The summed E-state index contributed by atoms with van der Waals surface area (Å²) in [4.78, 5) is 3.65. The smallest absolute Gasteiger partial charge is 0.240 e. The van der Waals surface area contributed by atoms with E-state index >= 15 is 0 Å². The maximum Gasteiger partial charge on any atom is 0.288 e. The predicted molar refractivity (Wildman–Crippen MR) is 93.2 cm³/mol. The Balaban J connectivity index is 2.21. The maximum absolute atomic E-state index is 3.65. The van der Waals surface area contributed by atoms with Crippen molar-refractivity contribution < 1.29 is 4.57 Å². The van der Waals surface area contributed by atoms with E-state index in [-0.39, 0.29) is 0 Å². The van der Waals surface area contributed by atoms with Crippen LogP contribution in [0, 0.1) is 6.92 Å². The van der Waals surface area contributed by atoms with Crippen molar-refractivity contribution in [3.63, 3.8) is 0 Å². The average molecular weight is 289 g/mol. The lowest BCUT2D eigenvalue weighted by Crippen LogP contribution is -2.36. The number of hydrogen-bond donors (Lipinski definition) is 1. The average Bonchev–Trinajstić information content (AvgIpc) is 2.94. The number of H-pyrrole nitrogens is 1. The summed E-state index contributed by atoms with van der Waals surface area (Å²) in [6.45, 7) is 5.55. The van der Waals surface area contributed by atoms with Crippen molar-refractivity contribution in [1.29, 1.82) is 0 Å². The van der Waals surface area contributed by atoms with E-state index in [1.807, 2.05) is 0 Å². The first-order valence-corrected chi connectivity index (χ1v) is 8.13. The third-order valence-corrected chi connectivity index (χ3v) is 4.67. The van der Waals surface area contributed by atoms with Crippen LogP contribution in [0.15, 0.2) is 48.5 Å². The first-order valence-electron chi connectivity index (χ1n) is 8.13. The molecule has 0 spiro atoms. The van der Waals surface area contributed by atoms with E-state index in [4.69, 9.17) is 0 Å². The number of nitrogens with one attached hydrogen (secondary N) is 1. The number of rotatable bonds is 3. The van der Waals surface area contributed by atoms with Crippen LogP contribution in [-0.4, -0.2) is 4.98 Å². The second kappa shape index (κ2) is 5.13. The predicted octanol–water partition coefficient (Wildman–Crippen LogP) is 4.87. The van der Waals surface area contributed by atoms with Crippen LogP contribution in [0.4, 0.5) is 0 Å². The fourth-order valence-corrected chi connectivity index (χ4v) is 3.54. The minimum atomic E-state index is 1.06. The van der Waals surface area contributed by atoms with Gasteiger partial charge in [-0.1, -0.05) is 43.7 Å². The van der Waals surface area contributed by atoms with Gasteiger partial charge in [0.25, 0.3) is 5.65 Å². The highest BCUT2D eigenvalue weighted by Gasteiger charge is 2.20. The van der Waals surface area contributed by atoms with Crippen LogP contribution in [-0.2, 0) is 6.54 Å². The summed E-state index contributed by atoms with van der Waals surface area (Å²) >= 11 is 0. The molecule has 2 heteroatoms. The van der Waals surface area contributed by atoms with Crippen molar-refractivity contribution in [3.05, 3.63) is 54.1 Å². The van der Waals surface area contributed by atoms with Crippen LogP contribution in [0.5, 0.6) is 0 Å². The highest BCUT2D eigenvalue weighted by molar-refractivity contribution is 6.10. The van der Waals surface area contributed by atoms with Gasteiger partial charge in [0.15, 0.2) is 0 Å². The zero-order valence-corrected chi connectivity index (χ0v) is 13.2. The highest BCUT2D eigenvalue weighted by Crippen LogP contribution is 2.30. The summed E-state index contributed by atoms with van der Waals surface area (Å²) in [5.41, 5.74) is 5.18. The second-order valence-electron chi connectivity index (χ2n) is 6.04. The third-order valence-electron chi connectivity index (χ3n) is 4.67. The third kappa shape index (κ3) is 1.83. The monoisotopic (exact) mass is 289 g/mol. The number of fused-ring (bicyclic) bond motifs is 4. The Kier molecular flexibility index (Phi) is 3.11. The molecule has 4 rings (SSSR count). The molecule has 110 valence electrons. The first-order chi connectivity index (χ1) is 10.8. The zero-order valence-electron chi connectivity index (χ0n) is 13.2. The Labute approximate surface area is 130 Å². The van der Waals surface area contributed by atoms with E-state index in [2.05, 4.69) is 71.9 Å². The summed E-state index contributed by atoms with van der Waals surface area (Å²) in [5, 5.41) is 4.05. The SMILES string of the molecule is CCCC[n+]1c2ccccc2c(C)c2c3ccccc3[nH]c21. The van der Waals surface area contributed by atoms with Gasteiger partial charge in [-0.05, 0) is 37.1 Å². The number of aryl methyl sites for hydroxylation is 2. The number of aromatic nitrogens is 2. The molecule has 0 unspecified atom stereocenters. The van der Waals surface area contributed by atoms with Gasteiger partial charge in [0, 0.05) is 10.8 Å². The van der Waals surface area contributed by atoms with Crippen molar-refractivity contribution in [1.82, 2.24) is 4.98 Å². The van der Waals surface area contributed by atoms with Gasteiger partial charge in [-0.25, -0.2) is 9.55 Å². The molecule has 2 aromatic heterocycles. The normalized spacial score (nSPS) is 11.7. The van der Waals surface area contributed by atoms with E-state index < -0.39 is 0 Å². The van der Waals surface area contributed by atoms with Crippen molar-refractivity contribution in [3.8, 4) is 0 Å². The topological polar surface area (TPSA) is 19.7 Å². The fraction of sp³-hybridized carbons (Fsp3) is 0.250. The van der Waals surface area contributed by atoms with E-state index in [0.29, 0.717) is 0 Å². The molecule has 0 radical (unpaired) electrons. The molecule has 0 aliphatic rings. The molecule has 22 heavy (non-hydrogen) atoms. The molecule has 0 fully saturated rings. The summed E-state index contributed by atoms with van der Waals surface area (Å²) in [6, 6.07) is 17.4. The molecule has 2 heterocycles. The first kappa shape index (κ1) is 13.3. The maximum atomic E-state index is 3.65. The number of benzene rings is 2. The Morgan fingerprint density at radius 2 is 1.68 bits per heavy atom. The van der Waals surface area contributed by atoms with Gasteiger partial charge in [-0.2, -0.15) is 0 Å². The highest BCUT2D eigenvalue weighted by atomic mass is 15.0. The molecular weight excluding hydrogens is 268 g/mol. The van der Waals surface area contributed by atoms with Crippen LogP contribution in [0.2, 0.25) is 0 Å². The van der Waals surface area contributed by atoms with E-state index in [1.165, 1.54) is 51.2 Å². The minimum absolute atomic E-state index is 1.06. The second-order valence-corrected chi connectivity index (χ2v) is 6.04. The molecule has 0 aliphatic carbocycles. The molecule has 0 saturated carbocycles. The standard InChI is InChI=1S/C20H20N2/c1-3-4-13-22-18-12-8-6-9-15(18)14(2)19-16-10-5-7-11-17(16)21-20(19)22/h5-12H,3-4,13H2,1-2H3/p+1. The summed E-state index contributed by atoms with van der Waals surface area (Å²) in [6.07, 6.45) is 2.40. The molecule has 2 aromatic carbocycles. The molecule has 1 N–H and O–H groups in total.